The summed E-state index contributed by atoms with van der Waals surface area (Å²) in [6.45, 7) is 1.49. The molecule has 0 amide bonds. The smallest absolute Gasteiger partial charge is 0.388 e. The van der Waals surface area contributed by atoms with Gasteiger partial charge in [0.1, 0.15) is 6.10 Å². The number of sulfonamides is 1. The highest BCUT2D eigenvalue weighted by molar-refractivity contribution is 7.93. The van der Waals surface area contributed by atoms with Crippen LogP contribution < -0.4 is 4.72 Å². The second kappa shape index (κ2) is 7.65. The standard InChI is InChI=1S/C15H16ClF3N2O3S/c1-10(20-24-12-5-3-2-4-6-12)13-9-11(16)7-8-14(13)21-25(22,23)15(17,18)19/h3,5,7-9,12,21H,2,4,6H2,1H3. The van der Waals surface area contributed by atoms with Crippen molar-refractivity contribution in [1.82, 2.24) is 0 Å². The van der Waals surface area contributed by atoms with E-state index in [1.807, 2.05) is 12.2 Å². The molecule has 0 fully saturated rings. The van der Waals surface area contributed by atoms with Crippen LogP contribution in [-0.4, -0.2) is 25.7 Å². The fourth-order valence-electron chi connectivity index (χ4n) is 2.17. The molecule has 0 radical (unpaired) electrons. The average molecular weight is 397 g/mol. The molecule has 10 heteroatoms. The predicted molar refractivity (Wildman–Crippen MR) is 90.1 cm³/mol. The van der Waals surface area contributed by atoms with E-state index in [0.717, 1.165) is 25.3 Å². The molecule has 0 bridgehead atoms. The molecule has 0 aliphatic heterocycles. The molecule has 0 spiro atoms. The van der Waals surface area contributed by atoms with Gasteiger partial charge in [0.2, 0.25) is 0 Å². The second-order valence-corrected chi connectivity index (χ2v) is 7.53. The number of hydrogen-bond donors (Lipinski definition) is 1. The zero-order valence-corrected chi connectivity index (χ0v) is 14.7. The van der Waals surface area contributed by atoms with Crippen molar-refractivity contribution in [2.75, 3.05) is 4.72 Å². The molecule has 1 aliphatic rings. The average Bonchev–Trinajstić information content (AvgIpc) is 2.54. The van der Waals surface area contributed by atoms with Crippen molar-refractivity contribution in [3.05, 3.63) is 40.9 Å². The summed E-state index contributed by atoms with van der Waals surface area (Å²) in [5, 5.41) is 4.12. The summed E-state index contributed by atoms with van der Waals surface area (Å²) in [6, 6.07) is 3.73. The van der Waals surface area contributed by atoms with Gasteiger partial charge >= 0.3 is 15.5 Å². The Morgan fingerprint density at radius 2 is 2.12 bits per heavy atom. The van der Waals surface area contributed by atoms with E-state index in [0.29, 0.717) is 0 Å². The van der Waals surface area contributed by atoms with Crippen molar-refractivity contribution in [3.8, 4) is 0 Å². The molecule has 0 heterocycles. The molecule has 1 aliphatic carbocycles. The van der Waals surface area contributed by atoms with Crippen LogP contribution in [0.3, 0.4) is 0 Å². The number of oxime groups is 1. The van der Waals surface area contributed by atoms with Crippen molar-refractivity contribution >= 4 is 33.0 Å². The van der Waals surface area contributed by atoms with Crippen molar-refractivity contribution in [1.29, 1.82) is 0 Å². The fourth-order valence-corrected chi connectivity index (χ4v) is 2.93. The number of nitrogens with one attached hydrogen (secondary N) is 1. The van der Waals surface area contributed by atoms with Gasteiger partial charge in [0, 0.05) is 10.6 Å². The highest BCUT2D eigenvalue weighted by atomic mass is 35.5. The van der Waals surface area contributed by atoms with E-state index in [9.17, 15) is 21.6 Å². The van der Waals surface area contributed by atoms with Gasteiger partial charge in [-0.2, -0.15) is 21.6 Å². The lowest BCUT2D eigenvalue weighted by atomic mass is 10.1. The molecule has 1 unspecified atom stereocenters. The van der Waals surface area contributed by atoms with E-state index >= 15 is 0 Å². The maximum Gasteiger partial charge on any atom is 0.516 e. The highest BCUT2D eigenvalue weighted by Gasteiger charge is 2.46. The lowest BCUT2D eigenvalue weighted by Crippen LogP contribution is -2.30. The van der Waals surface area contributed by atoms with Crippen LogP contribution in [0.1, 0.15) is 31.7 Å². The summed E-state index contributed by atoms with van der Waals surface area (Å²) in [4.78, 5) is 5.35. The molecular formula is C15H16ClF3N2O3S. The minimum Gasteiger partial charge on any atom is -0.388 e. The quantitative estimate of drug-likeness (QED) is 0.454. The SMILES string of the molecule is CC(=NOC1C=CCCC1)c1cc(Cl)ccc1NS(=O)(=O)C(F)(F)F. The van der Waals surface area contributed by atoms with E-state index in [-0.39, 0.29) is 28.1 Å². The van der Waals surface area contributed by atoms with Gasteiger partial charge < -0.3 is 4.84 Å². The van der Waals surface area contributed by atoms with E-state index in [1.165, 1.54) is 23.8 Å². The number of nitrogens with zero attached hydrogens (tertiary/aromatic N) is 1. The van der Waals surface area contributed by atoms with Gasteiger partial charge in [-0.25, -0.2) is 0 Å². The first-order chi connectivity index (χ1) is 11.6. The number of benzene rings is 1. The Kier molecular flexibility index (Phi) is 5.99. The molecule has 1 aromatic carbocycles. The van der Waals surface area contributed by atoms with Gasteiger partial charge in [-0.05, 0) is 50.5 Å². The van der Waals surface area contributed by atoms with Crippen LogP contribution in [0.4, 0.5) is 18.9 Å². The third-order valence-corrected chi connectivity index (χ3v) is 4.79. The molecular weight excluding hydrogens is 381 g/mol. The Balaban J connectivity index is 2.28. The number of rotatable bonds is 5. The van der Waals surface area contributed by atoms with Gasteiger partial charge in [0.25, 0.3) is 0 Å². The summed E-state index contributed by atoms with van der Waals surface area (Å²) in [5.41, 5.74) is -5.43. The molecule has 5 nitrogen and oxygen atoms in total. The molecule has 1 N–H and O–H groups in total. The molecule has 25 heavy (non-hydrogen) atoms. The monoisotopic (exact) mass is 396 g/mol. The van der Waals surface area contributed by atoms with E-state index in [1.54, 1.807) is 0 Å². The van der Waals surface area contributed by atoms with E-state index in [4.69, 9.17) is 16.4 Å². The van der Waals surface area contributed by atoms with Crippen molar-refractivity contribution in [2.24, 2.45) is 5.16 Å². The Bertz CT molecular complexity index is 792. The molecule has 1 aromatic rings. The van der Waals surface area contributed by atoms with Crippen LogP contribution in [0.2, 0.25) is 5.02 Å². The zero-order valence-electron chi connectivity index (χ0n) is 13.2. The summed E-state index contributed by atoms with van der Waals surface area (Å²) >= 11 is 5.86. The number of alkyl halides is 3. The predicted octanol–water partition coefficient (Wildman–Crippen LogP) is 4.45. The zero-order chi connectivity index (χ0) is 18.7. The third kappa shape index (κ3) is 5.12. The van der Waals surface area contributed by atoms with E-state index in [2.05, 4.69) is 5.16 Å². The van der Waals surface area contributed by atoms with Gasteiger partial charge in [-0.3, -0.25) is 4.72 Å². The van der Waals surface area contributed by atoms with Gasteiger partial charge in [-0.1, -0.05) is 22.8 Å². The van der Waals surface area contributed by atoms with Crippen LogP contribution in [0.25, 0.3) is 0 Å². The van der Waals surface area contributed by atoms with Crippen molar-refractivity contribution in [3.63, 3.8) is 0 Å². The first-order valence-corrected chi connectivity index (χ1v) is 9.22. The molecule has 0 saturated heterocycles. The Labute approximate surface area is 148 Å². The Morgan fingerprint density at radius 1 is 1.40 bits per heavy atom. The van der Waals surface area contributed by atoms with Crippen LogP contribution in [0, 0.1) is 0 Å². The van der Waals surface area contributed by atoms with Gasteiger partial charge in [-0.15, -0.1) is 0 Å². The number of halogens is 4. The summed E-state index contributed by atoms with van der Waals surface area (Å²) in [7, 11) is -5.56. The summed E-state index contributed by atoms with van der Waals surface area (Å²) < 4.78 is 61.9. The van der Waals surface area contributed by atoms with Crippen LogP contribution in [0.5, 0.6) is 0 Å². The first-order valence-electron chi connectivity index (χ1n) is 7.36. The number of allylic oxidation sites excluding steroid dienone is 1. The topological polar surface area (TPSA) is 67.8 Å². The second-order valence-electron chi connectivity index (χ2n) is 5.42. The lowest BCUT2D eigenvalue weighted by molar-refractivity contribution is -0.0429. The normalized spacial score (nSPS) is 18.9. The minimum atomic E-state index is -5.56. The van der Waals surface area contributed by atoms with Crippen LogP contribution in [0.15, 0.2) is 35.5 Å². The fraction of sp³-hybridized carbons (Fsp3) is 0.400. The molecule has 138 valence electrons. The number of anilines is 1. The third-order valence-electron chi connectivity index (χ3n) is 3.46. The molecule has 0 saturated carbocycles. The Hall–Kier alpha value is -1.74. The van der Waals surface area contributed by atoms with Gasteiger partial charge in [0.15, 0.2) is 0 Å². The van der Waals surface area contributed by atoms with E-state index < -0.39 is 15.5 Å². The summed E-state index contributed by atoms with van der Waals surface area (Å²) in [5.74, 6) is 0. The minimum absolute atomic E-state index is 0.0973. The van der Waals surface area contributed by atoms with Crippen LogP contribution >= 0.6 is 11.6 Å². The molecule has 0 aromatic heterocycles. The van der Waals surface area contributed by atoms with Crippen molar-refractivity contribution < 1.29 is 26.4 Å². The maximum absolute atomic E-state index is 12.6. The lowest BCUT2D eigenvalue weighted by Gasteiger charge is -2.16. The van der Waals surface area contributed by atoms with Crippen LogP contribution in [-0.2, 0) is 14.9 Å². The van der Waals surface area contributed by atoms with Gasteiger partial charge in [0.05, 0.1) is 11.4 Å². The Morgan fingerprint density at radius 3 is 2.72 bits per heavy atom. The summed E-state index contributed by atoms with van der Waals surface area (Å²) in [6.07, 6.45) is 6.27. The maximum atomic E-state index is 12.6. The first kappa shape index (κ1) is 19.6. The highest BCUT2D eigenvalue weighted by Crippen LogP contribution is 2.29. The van der Waals surface area contributed by atoms with Crippen molar-refractivity contribution in [2.45, 2.75) is 37.8 Å². The molecule has 2 rings (SSSR count). The largest absolute Gasteiger partial charge is 0.516 e. The molecule has 1 atom stereocenters. The number of hydrogen-bond acceptors (Lipinski definition) is 4.